The lowest BCUT2D eigenvalue weighted by Crippen LogP contribution is -2.38. The summed E-state index contributed by atoms with van der Waals surface area (Å²) in [5, 5.41) is 2.67. The van der Waals surface area contributed by atoms with Gasteiger partial charge < -0.3 is 14.8 Å². The topological polar surface area (TPSA) is 102 Å². The maximum absolute atomic E-state index is 12.4. The van der Waals surface area contributed by atoms with Crippen LogP contribution >= 0.6 is 0 Å². The molecule has 1 saturated heterocycles. The first-order valence-corrected chi connectivity index (χ1v) is 9.90. The number of hydrogen-bond donors (Lipinski definition) is 1. The fourth-order valence-corrected chi connectivity index (χ4v) is 3.90. The molecule has 0 aromatic heterocycles. The van der Waals surface area contributed by atoms with Crippen LogP contribution in [0.25, 0.3) is 0 Å². The number of methoxy groups -OCH3 is 1. The van der Waals surface area contributed by atoms with Crippen molar-refractivity contribution in [3.63, 3.8) is 0 Å². The monoisotopic (exact) mass is 402 g/mol. The largest absolute Gasteiger partial charge is 0.497 e. The highest BCUT2D eigenvalue weighted by Crippen LogP contribution is 2.37. The molecule has 0 spiro atoms. The number of carbonyl (C=O) groups excluding carboxylic acids is 4. The Morgan fingerprint density at radius 2 is 1.69 bits per heavy atom. The van der Waals surface area contributed by atoms with Crippen molar-refractivity contribution < 1.29 is 28.7 Å². The molecule has 2 fully saturated rings. The second kappa shape index (κ2) is 9.54. The zero-order chi connectivity index (χ0) is 20.8. The molecule has 1 aromatic rings. The lowest BCUT2D eigenvalue weighted by Gasteiger charge is -2.19. The molecule has 29 heavy (non-hydrogen) atoms. The van der Waals surface area contributed by atoms with Crippen LogP contribution in [0.15, 0.2) is 24.3 Å². The zero-order valence-electron chi connectivity index (χ0n) is 16.5. The van der Waals surface area contributed by atoms with Crippen LogP contribution in [0, 0.1) is 11.8 Å². The van der Waals surface area contributed by atoms with Gasteiger partial charge in [0.25, 0.3) is 5.91 Å². The van der Waals surface area contributed by atoms with Crippen molar-refractivity contribution in [1.82, 2.24) is 10.2 Å². The highest BCUT2D eigenvalue weighted by atomic mass is 16.5. The van der Waals surface area contributed by atoms with Crippen molar-refractivity contribution in [3.05, 3.63) is 29.8 Å². The summed E-state index contributed by atoms with van der Waals surface area (Å²) in [6, 6.07) is 7.51. The van der Waals surface area contributed by atoms with E-state index in [1.165, 1.54) is 0 Å². The average Bonchev–Trinajstić information content (AvgIpc) is 2.98. The van der Waals surface area contributed by atoms with Crippen LogP contribution < -0.4 is 10.1 Å². The third kappa shape index (κ3) is 5.13. The standard InChI is InChI=1S/C21H26N2O6/c1-28-15-8-6-14(7-9-15)10-11-22-18(24)13-29-19(25)12-23-20(26)16-4-2-3-5-17(16)21(23)27/h6-9,16-17H,2-5,10-13H2,1H3,(H,22,24)/t16-,17-/m1/s1. The summed E-state index contributed by atoms with van der Waals surface area (Å²) in [7, 11) is 1.60. The van der Waals surface area contributed by atoms with E-state index in [1.807, 2.05) is 24.3 Å². The van der Waals surface area contributed by atoms with E-state index in [4.69, 9.17) is 9.47 Å². The van der Waals surface area contributed by atoms with Crippen LogP contribution in [-0.2, 0) is 30.3 Å². The SMILES string of the molecule is COc1ccc(CCNC(=O)COC(=O)CN2C(=O)[C@@H]3CCCC[C@H]3C2=O)cc1. The van der Waals surface area contributed by atoms with Crippen molar-refractivity contribution in [2.45, 2.75) is 32.1 Å². The molecule has 1 aliphatic carbocycles. The second-order valence-electron chi connectivity index (χ2n) is 7.37. The van der Waals surface area contributed by atoms with E-state index in [0.717, 1.165) is 29.1 Å². The molecule has 8 heteroatoms. The molecule has 3 amide bonds. The number of carbonyl (C=O) groups is 4. The second-order valence-corrected chi connectivity index (χ2v) is 7.37. The number of amides is 3. The fourth-order valence-electron chi connectivity index (χ4n) is 3.90. The minimum absolute atomic E-state index is 0.291. The summed E-state index contributed by atoms with van der Waals surface area (Å²) in [6.07, 6.45) is 3.86. The van der Waals surface area contributed by atoms with Crippen LogP contribution in [0.4, 0.5) is 0 Å². The van der Waals surface area contributed by atoms with Crippen LogP contribution in [0.2, 0.25) is 0 Å². The molecule has 2 aliphatic rings. The molecule has 156 valence electrons. The number of imide groups is 1. The highest BCUT2D eigenvalue weighted by Gasteiger charge is 2.48. The van der Waals surface area contributed by atoms with Crippen LogP contribution in [-0.4, -0.2) is 55.4 Å². The molecule has 1 aliphatic heterocycles. The Morgan fingerprint density at radius 3 is 2.28 bits per heavy atom. The molecule has 0 bridgehead atoms. The summed E-state index contributed by atoms with van der Waals surface area (Å²) >= 11 is 0. The number of rotatable bonds is 8. The van der Waals surface area contributed by atoms with E-state index in [9.17, 15) is 19.2 Å². The Morgan fingerprint density at radius 1 is 1.07 bits per heavy atom. The van der Waals surface area contributed by atoms with E-state index < -0.39 is 25.0 Å². The number of nitrogens with one attached hydrogen (secondary N) is 1. The molecule has 3 rings (SSSR count). The first kappa shape index (κ1) is 20.8. The molecule has 1 heterocycles. The van der Waals surface area contributed by atoms with Crippen molar-refractivity contribution in [2.75, 3.05) is 26.8 Å². The number of benzene rings is 1. The van der Waals surface area contributed by atoms with Crippen LogP contribution in [0.3, 0.4) is 0 Å². The molecular formula is C21H26N2O6. The number of esters is 1. The van der Waals surface area contributed by atoms with Gasteiger partial charge in [-0.15, -0.1) is 0 Å². The van der Waals surface area contributed by atoms with Crippen molar-refractivity contribution in [1.29, 1.82) is 0 Å². The molecule has 1 aromatic carbocycles. The lowest BCUT2D eigenvalue weighted by atomic mass is 9.81. The quantitative estimate of drug-likeness (QED) is 0.516. The maximum Gasteiger partial charge on any atom is 0.326 e. The van der Waals surface area contributed by atoms with E-state index >= 15 is 0 Å². The molecule has 1 saturated carbocycles. The Hall–Kier alpha value is -2.90. The number of nitrogens with zero attached hydrogens (tertiary/aromatic N) is 1. The van der Waals surface area contributed by atoms with Gasteiger partial charge in [-0.2, -0.15) is 0 Å². The molecule has 0 unspecified atom stereocenters. The molecule has 8 nitrogen and oxygen atoms in total. The molecule has 0 radical (unpaired) electrons. The average molecular weight is 402 g/mol. The molecule has 2 atom stereocenters. The first-order chi connectivity index (χ1) is 14.0. The van der Waals surface area contributed by atoms with Gasteiger partial charge in [-0.3, -0.25) is 24.1 Å². The van der Waals surface area contributed by atoms with Gasteiger partial charge >= 0.3 is 5.97 Å². The minimum atomic E-state index is -0.754. The van der Waals surface area contributed by atoms with E-state index in [2.05, 4.69) is 5.32 Å². The van der Waals surface area contributed by atoms with Crippen LogP contribution in [0.1, 0.15) is 31.2 Å². The van der Waals surface area contributed by atoms with Crippen LogP contribution in [0.5, 0.6) is 5.75 Å². The van der Waals surface area contributed by atoms with Gasteiger partial charge in [-0.05, 0) is 37.0 Å². The third-order valence-electron chi connectivity index (χ3n) is 5.48. The molecular weight excluding hydrogens is 376 g/mol. The van der Waals surface area contributed by atoms with Gasteiger partial charge in [-0.25, -0.2) is 0 Å². The number of fused-ring (bicyclic) bond motifs is 1. The summed E-state index contributed by atoms with van der Waals surface area (Å²) in [5.41, 5.74) is 1.04. The van der Waals surface area contributed by atoms with E-state index in [-0.39, 0.29) is 23.7 Å². The molecule has 1 N–H and O–H groups in total. The van der Waals surface area contributed by atoms with Crippen molar-refractivity contribution in [3.8, 4) is 5.75 Å². The number of ether oxygens (including phenoxy) is 2. The Labute approximate surface area is 169 Å². The van der Waals surface area contributed by atoms with Gasteiger partial charge in [-0.1, -0.05) is 25.0 Å². The maximum atomic E-state index is 12.4. The summed E-state index contributed by atoms with van der Waals surface area (Å²) in [6.45, 7) is -0.469. The third-order valence-corrected chi connectivity index (χ3v) is 5.48. The first-order valence-electron chi connectivity index (χ1n) is 9.90. The minimum Gasteiger partial charge on any atom is -0.497 e. The number of hydrogen-bond acceptors (Lipinski definition) is 6. The van der Waals surface area contributed by atoms with Gasteiger partial charge in [0.15, 0.2) is 6.61 Å². The van der Waals surface area contributed by atoms with Gasteiger partial charge in [0.1, 0.15) is 12.3 Å². The summed E-state index contributed by atoms with van der Waals surface area (Å²) < 4.78 is 10.0. The van der Waals surface area contributed by atoms with Gasteiger partial charge in [0, 0.05) is 6.54 Å². The Kier molecular flexibility index (Phi) is 6.85. The fraction of sp³-hybridized carbons (Fsp3) is 0.524. The number of likely N-dealkylation sites (tertiary alicyclic amines) is 1. The zero-order valence-corrected chi connectivity index (χ0v) is 16.5. The lowest BCUT2D eigenvalue weighted by molar-refractivity contribution is -0.154. The van der Waals surface area contributed by atoms with Crippen molar-refractivity contribution >= 4 is 23.7 Å². The predicted molar refractivity (Wildman–Crippen MR) is 103 cm³/mol. The predicted octanol–water partition coefficient (Wildman–Crippen LogP) is 1.07. The Bertz CT molecular complexity index is 752. The van der Waals surface area contributed by atoms with E-state index in [0.29, 0.717) is 25.8 Å². The highest BCUT2D eigenvalue weighted by molar-refractivity contribution is 6.07. The van der Waals surface area contributed by atoms with E-state index in [1.54, 1.807) is 7.11 Å². The Balaban J connectivity index is 1.37. The normalized spacial score (nSPS) is 20.9. The summed E-state index contributed by atoms with van der Waals surface area (Å²) in [5.74, 6) is -1.61. The van der Waals surface area contributed by atoms with Gasteiger partial charge in [0.05, 0.1) is 18.9 Å². The smallest absolute Gasteiger partial charge is 0.326 e. The summed E-state index contributed by atoms with van der Waals surface area (Å²) in [4.78, 5) is 49.5. The van der Waals surface area contributed by atoms with Gasteiger partial charge in [0.2, 0.25) is 11.8 Å². The van der Waals surface area contributed by atoms with Crippen molar-refractivity contribution in [2.24, 2.45) is 11.8 Å².